The number of allylic oxidation sites excluding steroid dienone is 2. The summed E-state index contributed by atoms with van der Waals surface area (Å²) in [5.41, 5.74) is 0.471. The van der Waals surface area contributed by atoms with Crippen LogP contribution in [0.4, 0.5) is 0 Å². The number of carbonyl (C=O) groups is 2. The number of hydrogen-bond acceptors (Lipinski definition) is 4. The lowest BCUT2D eigenvalue weighted by Gasteiger charge is -2.09. The molecule has 0 aliphatic heterocycles. The first-order chi connectivity index (χ1) is 17.7. The minimum atomic E-state index is -0.782. The van der Waals surface area contributed by atoms with E-state index in [9.17, 15) is 9.59 Å². The molecule has 0 saturated heterocycles. The Hall–Kier alpha value is -2.18. The monoisotopic (exact) mass is 598 g/mol. The Balaban J connectivity index is 0.000000279. The molecule has 5 nitrogen and oxygen atoms in total. The van der Waals surface area contributed by atoms with E-state index in [2.05, 4.69) is 0 Å². The summed E-state index contributed by atoms with van der Waals surface area (Å²) in [6.45, 7) is 7.99. The van der Waals surface area contributed by atoms with E-state index in [1.165, 1.54) is 0 Å². The molecule has 9 heteroatoms. The van der Waals surface area contributed by atoms with Crippen molar-refractivity contribution >= 4 is 58.3 Å². The predicted octanol–water partition coefficient (Wildman–Crippen LogP) is 8.78. The topological polar surface area (TPSA) is 72.8 Å². The number of para-hydroxylation sites is 1. The molecule has 0 radical (unpaired) electrons. The molecular formula is C29H30Cl4O5. The maximum atomic E-state index is 12.4. The van der Waals surface area contributed by atoms with Crippen molar-refractivity contribution in [2.45, 2.75) is 34.3 Å². The number of halogens is 4. The largest absolute Gasteiger partial charge is 0.481 e. The highest BCUT2D eigenvalue weighted by Crippen LogP contribution is 2.60. The van der Waals surface area contributed by atoms with E-state index >= 15 is 0 Å². The molecule has 4 atom stereocenters. The van der Waals surface area contributed by atoms with Crippen LogP contribution in [0, 0.1) is 34.5 Å². The first-order valence-corrected chi connectivity index (χ1v) is 13.5. The van der Waals surface area contributed by atoms with Crippen molar-refractivity contribution < 1.29 is 24.2 Å². The van der Waals surface area contributed by atoms with Crippen LogP contribution in [0.15, 0.2) is 75.7 Å². The van der Waals surface area contributed by atoms with Gasteiger partial charge < -0.3 is 14.6 Å². The highest BCUT2D eigenvalue weighted by molar-refractivity contribution is 6.56. The summed E-state index contributed by atoms with van der Waals surface area (Å²) in [5, 5.41) is 8.76. The zero-order chi connectivity index (χ0) is 28.3. The lowest BCUT2D eigenvalue weighted by atomic mass is 10.1. The van der Waals surface area contributed by atoms with Gasteiger partial charge in [-0.05, 0) is 64.6 Å². The molecule has 2 aromatic carbocycles. The standard InChI is InChI=1S/C21H20Cl2O3.C8H10Cl2O2/c1-21(2)17(12-18(22)23)19(21)20(24)25-13-14-7-6-10-16(11-14)26-15-8-4-3-5-9-15;1-8(2)4(3-5(9)10)6(8)7(11)12/h3-12,17,19H,13H2,1-2H3;3-4,6H,1-2H3,(H,11,12)/t17-,19+;4-,6+/m00/s1. The second-order valence-corrected chi connectivity index (χ2v) is 12.6. The van der Waals surface area contributed by atoms with Crippen LogP contribution in [-0.2, 0) is 20.9 Å². The van der Waals surface area contributed by atoms with Gasteiger partial charge in [-0.15, -0.1) is 0 Å². The Morgan fingerprint density at radius 2 is 1.34 bits per heavy atom. The van der Waals surface area contributed by atoms with Gasteiger partial charge in [0, 0.05) is 0 Å². The number of hydrogen-bond donors (Lipinski definition) is 1. The van der Waals surface area contributed by atoms with Gasteiger partial charge in [0.05, 0.1) is 11.8 Å². The lowest BCUT2D eigenvalue weighted by molar-refractivity contribution is -0.147. The number of carbonyl (C=O) groups excluding carboxylic acids is 1. The summed E-state index contributed by atoms with van der Waals surface area (Å²) in [7, 11) is 0. The second-order valence-electron chi connectivity index (χ2n) is 10.6. The van der Waals surface area contributed by atoms with Crippen LogP contribution in [0.5, 0.6) is 11.5 Å². The van der Waals surface area contributed by atoms with Crippen molar-refractivity contribution in [1.82, 2.24) is 0 Å². The average Bonchev–Trinajstić information content (AvgIpc) is 3.58. The van der Waals surface area contributed by atoms with Gasteiger partial charge in [0.1, 0.15) is 27.1 Å². The first-order valence-electron chi connectivity index (χ1n) is 12.0. The average molecular weight is 600 g/mol. The summed E-state index contributed by atoms with van der Waals surface area (Å²) in [4.78, 5) is 23.0. The van der Waals surface area contributed by atoms with E-state index in [0.717, 1.165) is 11.3 Å². The minimum Gasteiger partial charge on any atom is -0.481 e. The van der Waals surface area contributed by atoms with Gasteiger partial charge in [-0.25, -0.2) is 0 Å². The van der Waals surface area contributed by atoms with Crippen LogP contribution in [0.2, 0.25) is 0 Å². The Labute approximate surface area is 243 Å². The van der Waals surface area contributed by atoms with Gasteiger partial charge in [0.25, 0.3) is 0 Å². The third-order valence-electron chi connectivity index (χ3n) is 7.21. The van der Waals surface area contributed by atoms with E-state index in [4.69, 9.17) is 61.0 Å². The summed E-state index contributed by atoms with van der Waals surface area (Å²) >= 11 is 22.3. The highest BCUT2D eigenvalue weighted by Gasteiger charge is 2.62. The molecule has 2 aliphatic carbocycles. The molecule has 1 N–H and O–H groups in total. The van der Waals surface area contributed by atoms with Crippen LogP contribution in [0.3, 0.4) is 0 Å². The van der Waals surface area contributed by atoms with Crippen LogP contribution in [0.25, 0.3) is 0 Å². The SMILES string of the molecule is CC1(C)[C@@H](C=C(Cl)Cl)[C@@H]1C(=O)O.CC1(C)[C@@H](C=C(Cl)Cl)[C@@H]1C(=O)OCc1cccc(Oc2ccccc2)c1. The van der Waals surface area contributed by atoms with Crippen LogP contribution >= 0.6 is 46.4 Å². The molecule has 0 heterocycles. The Kier molecular flexibility index (Phi) is 9.86. The van der Waals surface area contributed by atoms with Crippen molar-refractivity contribution in [3.05, 3.63) is 81.3 Å². The third-order valence-corrected chi connectivity index (χ3v) is 7.71. The molecular weight excluding hydrogens is 570 g/mol. The maximum absolute atomic E-state index is 12.4. The fourth-order valence-corrected chi connectivity index (χ4v) is 5.28. The zero-order valence-electron chi connectivity index (χ0n) is 21.5. The number of aliphatic carboxylic acids is 1. The summed E-state index contributed by atoms with van der Waals surface area (Å²) < 4.78 is 11.6. The number of rotatable bonds is 8. The highest BCUT2D eigenvalue weighted by atomic mass is 35.5. The molecule has 2 aliphatic rings. The molecule has 0 unspecified atom stereocenters. The predicted molar refractivity (Wildman–Crippen MR) is 151 cm³/mol. The number of carboxylic acids is 1. The van der Waals surface area contributed by atoms with E-state index in [0.29, 0.717) is 5.75 Å². The smallest absolute Gasteiger partial charge is 0.310 e. The van der Waals surface area contributed by atoms with E-state index in [1.807, 2.05) is 82.3 Å². The fraction of sp³-hybridized carbons (Fsp3) is 0.379. The molecule has 0 bridgehead atoms. The van der Waals surface area contributed by atoms with E-state index < -0.39 is 5.97 Å². The number of ether oxygens (including phenoxy) is 2. The van der Waals surface area contributed by atoms with Crippen LogP contribution < -0.4 is 4.74 Å². The maximum Gasteiger partial charge on any atom is 0.310 e. The van der Waals surface area contributed by atoms with Crippen molar-refractivity contribution in [3.63, 3.8) is 0 Å². The molecule has 2 saturated carbocycles. The van der Waals surface area contributed by atoms with Crippen molar-refractivity contribution in [3.8, 4) is 11.5 Å². The molecule has 204 valence electrons. The van der Waals surface area contributed by atoms with Crippen molar-refractivity contribution in [2.24, 2.45) is 34.5 Å². The summed E-state index contributed by atoms with van der Waals surface area (Å²) in [6, 6.07) is 17.0. The fourth-order valence-electron chi connectivity index (χ4n) is 4.74. The quantitative estimate of drug-likeness (QED) is 0.307. The van der Waals surface area contributed by atoms with Gasteiger partial charge in [0.15, 0.2) is 0 Å². The Morgan fingerprint density at radius 3 is 1.87 bits per heavy atom. The number of carboxylic acid groups (broad SMARTS) is 1. The van der Waals surface area contributed by atoms with Crippen LogP contribution in [-0.4, -0.2) is 17.0 Å². The molecule has 38 heavy (non-hydrogen) atoms. The molecule has 0 spiro atoms. The van der Waals surface area contributed by atoms with E-state index in [-0.39, 0.29) is 56.1 Å². The van der Waals surface area contributed by atoms with Crippen molar-refractivity contribution in [2.75, 3.05) is 0 Å². The summed E-state index contributed by atoms with van der Waals surface area (Å²) in [5.74, 6) is -0.146. The molecule has 0 aromatic heterocycles. The summed E-state index contributed by atoms with van der Waals surface area (Å²) in [6.07, 6.45) is 3.31. The van der Waals surface area contributed by atoms with Crippen LogP contribution in [0.1, 0.15) is 33.3 Å². The van der Waals surface area contributed by atoms with Gasteiger partial charge in [-0.3, -0.25) is 9.59 Å². The Bertz CT molecular complexity index is 1210. The lowest BCUT2D eigenvalue weighted by Crippen LogP contribution is -2.10. The molecule has 2 aromatic rings. The van der Waals surface area contributed by atoms with Gasteiger partial charge in [0.2, 0.25) is 0 Å². The normalized spacial score (nSPS) is 23.6. The zero-order valence-corrected chi connectivity index (χ0v) is 24.5. The van der Waals surface area contributed by atoms with E-state index in [1.54, 1.807) is 12.2 Å². The minimum absolute atomic E-state index is 0.00717. The number of esters is 1. The second kappa shape index (κ2) is 12.3. The third kappa shape index (κ3) is 7.69. The molecule has 4 rings (SSSR count). The molecule has 0 amide bonds. The Morgan fingerprint density at radius 1 is 0.816 bits per heavy atom. The van der Waals surface area contributed by atoms with Gasteiger partial charge >= 0.3 is 11.9 Å². The van der Waals surface area contributed by atoms with Gasteiger partial charge in [-0.2, -0.15) is 0 Å². The van der Waals surface area contributed by atoms with Gasteiger partial charge in [-0.1, -0.05) is 104 Å². The van der Waals surface area contributed by atoms with Crippen molar-refractivity contribution in [1.29, 1.82) is 0 Å². The molecule has 2 fully saturated rings. The number of benzene rings is 2. The first kappa shape index (κ1) is 30.4.